The molecule has 7 heteroatoms. The van der Waals surface area contributed by atoms with Crippen LogP contribution in [0.3, 0.4) is 0 Å². The third-order valence-electron chi connectivity index (χ3n) is 7.24. The molecule has 7 nitrogen and oxygen atoms in total. The Hall–Kier alpha value is -4.26. The minimum Gasteiger partial charge on any atom is -0.507 e. The topological polar surface area (TPSA) is 85.3 Å². The smallest absolute Gasteiger partial charge is 0.295 e. The molecular weight excluding hydrogens is 506 g/mol. The molecule has 2 aliphatic heterocycles. The number of likely N-dealkylation sites (tertiary alicyclic amines) is 1. The molecule has 2 aliphatic rings. The van der Waals surface area contributed by atoms with Crippen molar-refractivity contribution in [2.75, 3.05) is 19.8 Å². The lowest BCUT2D eigenvalue weighted by Gasteiger charge is -2.26. The van der Waals surface area contributed by atoms with Crippen molar-refractivity contribution < 1.29 is 28.9 Å². The first-order valence-corrected chi connectivity index (χ1v) is 13.9. The number of benzene rings is 3. The van der Waals surface area contributed by atoms with Crippen LogP contribution in [-0.4, -0.2) is 47.6 Å². The standard InChI is InChI=1S/C33H35NO6/c1-4-17-39-27-14-11-23(20-28(27)38-5-2)30-29(31(35)24-12-13-26-25(19-24)18-21(3)40-26)32(36)33(37)34(30)16-15-22-9-7-6-8-10-22/h6-14,19-21,30,35H,4-5,15-18H2,1-3H3/t21-,30-/m1/s1. The molecule has 0 aliphatic carbocycles. The number of carbonyl (C=O) groups excluding carboxylic acids is 2. The van der Waals surface area contributed by atoms with Gasteiger partial charge in [-0.15, -0.1) is 0 Å². The Balaban J connectivity index is 1.59. The number of hydrogen-bond acceptors (Lipinski definition) is 6. The number of Topliss-reactive ketones (excluding diaryl/α,β-unsaturated/α-hetero) is 1. The van der Waals surface area contributed by atoms with Crippen LogP contribution in [0.15, 0.2) is 72.3 Å². The number of nitrogens with zero attached hydrogens (tertiary/aromatic N) is 1. The molecule has 3 aromatic rings. The number of hydrogen-bond donors (Lipinski definition) is 1. The van der Waals surface area contributed by atoms with Crippen LogP contribution in [0.25, 0.3) is 5.76 Å². The van der Waals surface area contributed by atoms with Crippen molar-refractivity contribution in [1.29, 1.82) is 0 Å². The number of carbonyl (C=O) groups is 2. The molecule has 208 valence electrons. The summed E-state index contributed by atoms with van der Waals surface area (Å²) in [6.07, 6.45) is 2.16. The predicted octanol–water partition coefficient (Wildman–Crippen LogP) is 5.86. The maximum absolute atomic E-state index is 13.5. The van der Waals surface area contributed by atoms with Crippen LogP contribution in [-0.2, 0) is 22.4 Å². The highest BCUT2D eigenvalue weighted by Crippen LogP contribution is 2.43. The molecule has 0 unspecified atom stereocenters. The van der Waals surface area contributed by atoms with Crippen molar-refractivity contribution in [3.8, 4) is 17.2 Å². The van der Waals surface area contributed by atoms with Gasteiger partial charge < -0.3 is 24.2 Å². The van der Waals surface area contributed by atoms with E-state index in [2.05, 4.69) is 0 Å². The predicted molar refractivity (Wildman–Crippen MR) is 153 cm³/mol. The van der Waals surface area contributed by atoms with Crippen molar-refractivity contribution >= 4 is 17.4 Å². The van der Waals surface area contributed by atoms with Gasteiger partial charge in [-0.1, -0.05) is 43.3 Å². The average Bonchev–Trinajstić information content (AvgIpc) is 3.46. The number of fused-ring (bicyclic) bond motifs is 1. The fourth-order valence-corrected chi connectivity index (χ4v) is 5.37. The van der Waals surface area contributed by atoms with Crippen LogP contribution < -0.4 is 14.2 Å². The van der Waals surface area contributed by atoms with Crippen molar-refractivity contribution in [3.05, 3.63) is 94.6 Å². The summed E-state index contributed by atoms with van der Waals surface area (Å²) in [7, 11) is 0. The number of amides is 1. The van der Waals surface area contributed by atoms with E-state index < -0.39 is 17.7 Å². The molecule has 40 heavy (non-hydrogen) atoms. The highest BCUT2D eigenvalue weighted by Gasteiger charge is 2.46. The summed E-state index contributed by atoms with van der Waals surface area (Å²) in [4.78, 5) is 28.6. The molecule has 1 amide bonds. The van der Waals surface area contributed by atoms with Crippen molar-refractivity contribution in [2.24, 2.45) is 0 Å². The van der Waals surface area contributed by atoms with E-state index in [1.165, 1.54) is 0 Å². The highest BCUT2D eigenvalue weighted by molar-refractivity contribution is 6.46. The van der Waals surface area contributed by atoms with Crippen LogP contribution in [0.1, 0.15) is 55.5 Å². The summed E-state index contributed by atoms with van der Waals surface area (Å²) in [5.74, 6) is 0.368. The normalized spacial score (nSPS) is 19.4. The molecule has 0 radical (unpaired) electrons. The first kappa shape index (κ1) is 27.3. The van der Waals surface area contributed by atoms with E-state index in [1.807, 2.05) is 69.3 Å². The van der Waals surface area contributed by atoms with Gasteiger partial charge in [-0.25, -0.2) is 0 Å². The van der Waals surface area contributed by atoms with Gasteiger partial charge in [0, 0.05) is 18.5 Å². The van der Waals surface area contributed by atoms with Gasteiger partial charge in [0.05, 0.1) is 24.8 Å². The second-order valence-corrected chi connectivity index (χ2v) is 10.2. The van der Waals surface area contributed by atoms with Gasteiger partial charge in [0.15, 0.2) is 11.5 Å². The fourth-order valence-electron chi connectivity index (χ4n) is 5.37. The van der Waals surface area contributed by atoms with Crippen LogP contribution >= 0.6 is 0 Å². The number of ether oxygens (including phenoxy) is 3. The Morgan fingerprint density at radius 3 is 2.55 bits per heavy atom. The zero-order valence-corrected chi connectivity index (χ0v) is 23.2. The fraction of sp³-hybridized carbons (Fsp3) is 0.333. The van der Waals surface area contributed by atoms with E-state index in [-0.39, 0.29) is 17.4 Å². The van der Waals surface area contributed by atoms with E-state index >= 15 is 0 Å². The quantitative estimate of drug-likeness (QED) is 0.197. The minimum atomic E-state index is -0.786. The summed E-state index contributed by atoms with van der Waals surface area (Å²) in [6, 6.07) is 19.9. The summed E-state index contributed by atoms with van der Waals surface area (Å²) in [5, 5.41) is 11.6. The van der Waals surface area contributed by atoms with E-state index in [0.29, 0.717) is 55.2 Å². The van der Waals surface area contributed by atoms with Gasteiger partial charge in [0.25, 0.3) is 11.7 Å². The molecule has 2 atom stereocenters. The lowest BCUT2D eigenvalue weighted by molar-refractivity contribution is -0.139. The second kappa shape index (κ2) is 11.9. The zero-order chi connectivity index (χ0) is 28.2. The molecule has 3 aromatic carbocycles. The number of rotatable bonds is 10. The maximum Gasteiger partial charge on any atom is 0.295 e. The van der Waals surface area contributed by atoms with E-state index in [4.69, 9.17) is 14.2 Å². The summed E-state index contributed by atoms with van der Waals surface area (Å²) in [5.41, 5.74) is 3.22. The first-order chi connectivity index (χ1) is 19.4. The molecule has 1 N–H and O–H groups in total. The Morgan fingerprint density at radius 2 is 1.80 bits per heavy atom. The number of aliphatic hydroxyl groups is 1. The van der Waals surface area contributed by atoms with Crippen molar-refractivity contribution in [1.82, 2.24) is 4.90 Å². The van der Waals surface area contributed by atoms with Gasteiger partial charge in [-0.05, 0) is 73.7 Å². The van der Waals surface area contributed by atoms with Crippen LogP contribution in [0.2, 0.25) is 0 Å². The molecule has 2 heterocycles. The minimum absolute atomic E-state index is 0.0430. The van der Waals surface area contributed by atoms with Crippen molar-refractivity contribution in [2.45, 2.75) is 52.2 Å². The SMILES string of the molecule is CCCOc1ccc([C@@H]2C(=C(O)c3ccc4c(c3)C[C@@H](C)O4)C(=O)C(=O)N2CCc2ccccc2)cc1OCC. The van der Waals surface area contributed by atoms with Gasteiger partial charge >= 0.3 is 0 Å². The largest absolute Gasteiger partial charge is 0.507 e. The third kappa shape index (κ3) is 5.41. The molecular formula is C33H35NO6. The summed E-state index contributed by atoms with van der Waals surface area (Å²) < 4.78 is 17.6. The van der Waals surface area contributed by atoms with E-state index in [1.54, 1.807) is 23.1 Å². The van der Waals surface area contributed by atoms with Gasteiger partial charge in [-0.3, -0.25) is 9.59 Å². The molecule has 5 rings (SSSR count). The van der Waals surface area contributed by atoms with Crippen LogP contribution in [0, 0.1) is 0 Å². The van der Waals surface area contributed by atoms with E-state index in [9.17, 15) is 14.7 Å². The highest BCUT2D eigenvalue weighted by atomic mass is 16.5. The summed E-state index contributed by atoms with van der Waals surface area (Å²) in [6.45, 7) is 7.18. The Kier molecular flexibility index (Phi) is 8.10. The first-order valence-electron chi connectivity index (χ1n) is 13.9. The molecule has 0 saturated carbocycles. The molecule has 1 saturated heterocycles. The van der Waals surface area contributed by atoms with Gasteiger partial charge in [0.1, 0.15) is 17.6 Å². The number of ketones is 1. The monoisotopic (exact) mass is 541 g/mol. The average molecular weight is 542 g/mol. The van der Waals surface area contributed by atoms with E-state index in [0.717, 1.165) is 23.3 Å². The zero-order valence-electron chi connectivity index (χ0n) is 23.2. The lowest BCUT2D eigenvalue weighted by atomic mass is 9.94. The second-order valence-electron chi connectivity index (χ2n) is 10.2. The Labute approximate surface area is 235 Å². The van der Waals surface area contributed by atoms with Gasteiger partial charge in [-0.2, -0.15) is 0 Å². The molecule has 0 aromatic heterocycles. The van der Waals surface area contributed by atoms with Crippen molar-refractivity contribution in [3.63, 3.8) is 0 Å². The lowest BCUT2D eigenvalue weighted by Crippen LogP contribution is -2.31. The Bertz CT molecular complexity index is 1430. The third-order valence-corrected chi connectivity index (χ3v) is 7.24. The van der Waals surface area contributed by atoms with Crippen LogP contribution in [0.4, 0.5) is 0 Å². The Morgan fingerprint density at radius 1 is 1.00 bits per heavy atom. The molecule has 1 fully saturated rings. The summed E-state index contributed by atoms with van der Waals surface area (Å²) >= 11 is 0. The maximum atomic E-state index is 13.5. The number of aliphatic hydroxyl groups excluding tert-OH is 1. The molecule has 0 spiro atoms. The van der Waals surface area contributed by atoms with Gasteiger partial charge in [0.2, 0.25) is 0 Å². The van der Waals surface area contributed by atoms with Crippen LogP contribution in [0.5, 0.6) is 17.2 Å². The molecule has 0 bridgehead atoms.